The number of aliphatic hydroxyl groups is 1. The van der Waals surface area contributed by atoms with Crippen LogP contribution in [-0.4, -0.2) is 30.0 Å². The van der Waals surface area contributed by atoms with Crippen molar-refractivity contribution in [2.45, 2.75) is 13.0 Å². The van der Waals surface area contributed by atoms with E-state index < -0.39 is 0 Å². The highest BCUT2D eigenvalue weighted by Crippen LogP contribution is 2.22. The van der Waals surface area contributed by atoms with E-state index in [1.165, 1.54) is 5.56 Å². The first-order valence-electron chi connectivity index (χ1n) is 7.75. The van der Waals surface area contributed by atoms with Crippen molar-refractivity contribution >= 4 is 10.9 Å². The Morgan fingerprint density at radius 3 is 2.52 bits per heavy atom. The second kappa shape index (κ2) is 7.20. The van der Waals surface area contributed by atoms with Crippen LogP contribution in [-0.2, 0) is 13.0 Å². The van der Waals surface area contributed by atoms with Crippen LogP contribution in [0.2, 0.25) is 0 Å². The standard InChI is InChI=1S/C19H21NO3/c1-22-17-5-2-15(3-6-17)9-13-23-18-7-4-16-8-10-20(11-12-21)19(16)14-18/h2-8,10,14,21H,9,11-13H2,1H3. The third-order valence-corrected chi connectivity index (χ3v) is 3.90. The largest absolute Gasteiger partial charge is 0.497 e. The van der Waals surface area contributed by atoms with Gasteiger partial charge >= 0.3 is 0 Å². The molecule has 0 bridgehead atoms. The highest BCUT2D eigenvalue weighted by atomic mass is 16.5. The number of methoxy groups -OCH3 is 1. The molecule has 1 heterocycles. The van der Waals surface area contributed by atoms with Gasteiger partial charge in [0.2, 0.25) is 0 Å². The summed E-state index contributed by atoms with van der Waals surface area (Å²) >= 11 is 0. The van der Waals surface area contributed by atoms with Crippen LogP contribution in [0.3, 0.4) is 0 Å². The van der Waals surface area contributed by atoms with Crippen LogP contribution >= 0.6 is 0 Å². The Hall–Kier alpha value is -2.46. The quantitative estimate of drug-likeness (QED) is 0.728. The van der Waals surface area contributed by atoms with E-state index >= 15 is 0 Å². The van der Waals surface area contributed by atoms with Gasteiger partial charge in [-0.25, -0.2) is 0 Å². The van der Waals surface area contributed by atoms with Crippen molar-refractivity contribution in [1.29, 1.82) is 0 Å². The van der Waals surface area contributed by atoms with E-state index in [0.717, 1.165) is 28.8 Å². The fraction of sp³-hybridized carbons (Fsp3) is 0.263. The monoisotopic (exact) mass is 311 g/mol. The van der Waals surface area contributed by atoms with E-state index in [9.17, 15) is 0 Å². The number of hydrogen-bond donors (Lipinski definition) is 1. The maximum atomic E-state index is 9.11. The van der Waals surface area contributed by atoms with Crippen LogP contribution in [0.5, 0.6) is 11.5 Å². The number of ether oxygens (including phenoxy) is 2. The summed E-state index contributed by atoms with van der Waals surface area (Å²) in [6, 6.07) is 16.1. The molecule has 1 aromatic heterocycles. The molecule has 0 fully saturated rings. The molecule has 0 aliphatic rings. The molecule has 0 aliphatic heterocycles. The predicted molar refractivity (Wildman–Crippen MR) is 91.2 cm³/mol. The molecule has 0 saturated carbocycles. The zero-order valence-corrected chi connectivity index (χ0v) is 13.2. The lowest BCUT2D eigenvalue weighted by Crippen LogP contribution is -2.02. The highest BCUT2D eigenvalue weighted by Gasteiger charge is 2.03. The van der Waals surface area contributed by atoms with Crippen LogP contribution in [0.4, 0.5) is 0 Å². The van der Waals surface area contributed by atoms with Crippen molar-refractivity contribution in [1.82, 2.24) is 4.57 Å². The van der Waals surface area contributed by atoms with Gasteiger partial charge in [0.15, 0.2) is 0 Å². The molecule has 0 saturated heterocycles. The molecule has 120 valence electrons. The van der Waals surface area contributed by atoms with Gasteiger partial charge in [-0.05, 0) is 41.3 Å². The van der Waals surface area contributed by atoms with Gasteiger partial charge in [-0.2, -0.15) is 0 Å². The lowest BCUT2D eigenvalue weighted by atomic mass is 10.1. The molecule has 1 N–H and O–H groups in total. The third-order valence-electron chi connectivity index (χ3n) is 3.90. The summed E-state index contributed by atoms with van der Waals surface area (Å²) < 4.78 is 13.1. The minimum absolute atomic E-state index is 0.131. The van der Waals surface area contributed by atoms with E-state index in [0.29, 0.717) is 13.2 Å². The van der Waals surface area contributed by atoms with Crippen LogP contribution in [0.1, 0.15) is 5.56 Å². The van der Waals surface area contributed by atoms with Gasteiger partial charge in [0.25, 0.3) is 0 Å². The summed E-state index contributed by atoms with van der Waals surface area (Å²) in [7, 11) is 1.67. The average molecular weight is 311 g/mol. The Bertz CT molecular complexity index is 762. The van der Waals surface area contributed by atoms with Gasteiger partial charge in [0.05, 0.1) is 25.8 Å². The van der Waals surface area contributed by atoms with Crippen molar-refractivity contribution in [3.63, 3.8) is 0 Å². The molecule has 0 amide bonds. The molecule has 0 unspecified atom stereocenters. The molecule has 23 heavy (non-hydrogen) atoms. The van der Waals surface area contributed by atoms with Gasteiger partial charge in [0.1, 0.15) is 11.5 Å². The minimum atomic E-state index is 0.131. The Labute approximate surface area is 135 Å². The SMILES string of the molecule is COc1ccc(CCOc2ccc3ccn(CCO)c3c2)cc1. The summed E-state index contributed by atoms with van der Waals surface area (Å²) in [4.78, 5) is 0. The molecule has 0 spiro atoms. The van der Waals surface area contributed by atoms with Crippen LogP contribution < -0.4 is 9.47 Å². The van der Waals surface area contributed by atoms with Crippen molar-refractivity contribution in [2.75, 3.05) is 20.3 Å². The number of aliphatic hydroxyl groups excluding tert-OH is 1. The van der Waals surface area contributed by atoms with Crippen molar-refractivity contribution in [2.24, 2.45) is 0 Å². The second-order valence-electron chi connectivity index (χ2n) is 5.40. The Kier molecular flexibility index (Phi) is 4.83. The Morgan fingerprint density at radius 2 is 1.78 bits per heavy atom. The lowest BCUT2D eigenvalue weighted by molar-refractivity contribution is 0.278. The van der Waals surface area contributed by atoms with E-state index in [1.54, 1.807) is 7.11 Å². The maximum Gasteiger partial charge on any atom is 0.121 e. The number of nitrogens with zero attached hydrogens (tertiary/aromatic N) is 1. The number of aromatic nitrogens is 1. The molecule has 0 atom stereocenters. The molecule has 2 aromatic carbocycles. The highest BCUT2D eigenvalue weighted by molar-refractivity contribution is 5.81. The Balaban J connectivity index is 1.63. The van der Waals surface area contributed by atoms with Crippen LogP contribution in [0.25, 0.3) is 10.9 Å². The van der Waals surface area contributed by atoms with Crippen molar-refractivity contribution in [3.05, 3.63) is 60.3 Å². The second-order valence-corrected chi connectivity index (χ2v) is 5.40. The zero-order chi connectivity index (χ0) is 16.1. The topological polar surface area (TPSA) is 43.6 Å². The first-order valence-corrected chi connectivity index (χ1v) is 7.75. The molecule has 4 heteroatoms. The van der Waals surface area contributed by atoms with E-state index in [4.69, 9.17) is 14.6 Å². The first kappa shape index (κ1) is 15.4. The van der Waals surface area contributed by atoms with Gasteiger partial charge in [0, 0.05) is 25.2 Å². The third kappa shape index (κ3) is 3.66. The van der Waals surface area contributed by atoms with Gasteiger partial charge in [-0.3, -0.25) is 0 Å². The molecular formula is C19H21NO3. The summed E-state index contributed by atoms with van der Waals surface area (Å²) in [5.41, 5.74) is 2.30. The number of rotatable bonds is 7. The summed E-state index contributed by atoms with van der Waals surface area (Å²) in [5.74, 6) is 1.72. The number of hydrogen-bond acceptors (Lipinski definition) is 3. The van der Waals surface area contributed by atoms with E-state index in [-0.39, 0.29) is 6.61 Å². The van der Waals surface area contributed by atoms with Gasteiger partial charge in [-0.15, -0.1) is 0 Å². The number of benzene rings is 2. The Morgan fingerprint density at radius 1 is 1.00 bits per heavy atom. The predicted octanol–water partition coefficient (Wildman–Crippen LogP) is 3.26. The summed E-state index contributed by atoms with van der Waals surface area (Å²) in [6.07, 6.45) is 2.84. The van der Waals surface area contributed by atoms with Gasteiger partial charge in [-0.1, -0.05) is 12.1 Å². The molecule has 3 rings (SSSR count). The fourth-order valence-corrected chi connectivity index (χ4v) is 2.64. The normalized spacial score (nSPS) is 10.9. The van der Waals surface area contributed by atoms with Crippen molar-refractivity contribution in [3.8, 4) is 11.5 Å². The molecule has 0 aliphatic carbocycles. The van der Waals surface area contributed by atoms with E-state index in [1.807, 2.05) is 47.2 Å². The lowest BCUT2D eigenvalue weighted by Gasteiger charge is -2.08. The van der Waals surface area contributed by atoms with E-state index in [2.05, 4.69) is 12.1 Å². The summed E-state index contributed by atoms with van der Waals surface area (Å²) in [5, 5.41) is 10.3. The maximum absolute atomic E-state index is 9.11. The minimum Gasteiger partial charge on any atom is -0.497 e. The fourth-order valence-electron chi connectivity index (χ4n) is 2.64. The van der Waals surface area contributed by atoms with Gasteiger partial charge < -0.3 is 19.1 Å². The average Bonchev–Trinajstić information content (AvgIpc) is 2.98. The molecular weight excluding hydrogens is 290 g/mol. The van der Waals surface area contributed by atoms with Crippen LogP contribution in [0, 0.1) is 0 Å². The molecule has 3 aromatic rings. The van der Waals surface area contributed by atoms with Crippen LogP contribution in [0.15, 0.2) is 54.7 Å². The molecule has 0 radical (unpaired) electrons. The molecule has 4 nitrogen and oxygen atoms in total. The first-order chi connectivity index (χ1) is 11.3. The summed E-state index contributed by atoms with van der Waals surface area (Å²) in [6.45, 7) is 1.35. The zero-order valence-electron chi connectivity index (χ0n) is 13.2. The smallest absolute Gasteiger partial charge is 0.121 e. The van der Waals surface area contributed by atoms with Crippen molar-refractivity contribution < 1.29 is 14.6 Å². The number of fused-ring (bicyclic) bond motifs is 1.